The fraction of sp³-hybridized carbons (Fsp3) is 0.533. The first-order valence-corrected chi connectivity index (χ1v) is 13.5. The van der Waals surface area contributed by atoms with E-state index in [2.05, 4.69) is 10.2 Å². The van der Waals surface area contributed by atoms with Gasteiger partial charge in [-0.3, -0.25) is 9.59 Å². The largest absolute Gasteiger partial charge is 0.497 e. The van der Waals surface area contributed by atoms with Crippen LogP contribution < -0.4 is 14.8 Å². The normalized spacial score (nSPS) is 21.3. The van der Waals surface area contributed by atoms with Gasteiger partial charge in [-0.2, -0.15) is 0 Å². The van der Waals surface area contributed by atoms with Gasteiger partial charge in [-0.15, -0.1) is 0 Å². The Morgan fingerprint density at radius 1 is 1.00 bits per heavy atom. The number of carbonyl (C=O) groups is 2. The summed E-state index contributed by atoms with van der Waals surface area (Å²) in [6.45, 7) is 6.70. The maximum atomic E-state index is 14.0. The number of nitrogens with one attached hydrogen (secondary N) is 1. The minimum atomic E-state index is -1.04. The molecule has 2 aromatic rings. The molecule has 0 spiro atoms. The minimum absolute atomic E-state index is 0.101. The molecule has 4 rings (SSSR count). The summed E-state index contributed by atoms with van der Waals surface area (Å²) in [5.41, 5.74) is 0.138. The number of fused-ring (bicyclic) bond motifs is 1. The Hall–Kier alpha value is -3.06. The molecule has 2 aliphatic heterocycles. The molecule has 7 heteroatoms. The van der Waals surface area contributed by atoms with Gasteiger partial charge in [-0.1, -0.05) is 31.5 Å². The average molecular weight is 508 g/mol. The van der Waals surface area contributed by atoms with Gasteiger partial charge in [0.2, 0.25) is 5.91 Å². The molecule has 2 heterocycles. The molecule has 0 aromatic heterocycles. The van der Waals surface area contributed by atoms with Crippen LogP contribution in [0.15, 0.2) is 48.5 Å². The van der Waals surface area contributed by atoms with Crippen molar-refractivity contribution >= 4 is 17.5 Å². The highest BCUT2D eigenvalue weighted by molar-refractivity contribution is 6.03. The summed E-state index contributed by atoms with van der Waals surface area (Å²) in [5.74, 6) is 1.20. The SMILES string of the molecule is CCC(C)(C(=O)Nc1cc(OC)cc(OC)c1)N(CC1CCCN2CCCCC12)C(=O)c1ccccc1. The Balaban J connectivity index is 1.66. The second-order valence-electron chi connectivity index (χ2n) is 10.5. The number of carbonyl (C=O) groups excluding carboxylic acids is 2. The van der Waals surface area contributed by atoms with E-state index in [4.69, 9.17) is 9.47 Å². The van der Waals surface area contributed by atoms with E-state index >= 15 is 0 Å². The molecule has 2 amide bonds. The zero-order valence-electron chi connectivity index (χ0n) is 22.7. The molecule has 0 aliphatic carbocycles. The van der Waals surface area contributed by atoms with Gasteiger partial charge < -0.3 is 24.6 Å². The summed E-state index contributed by atoms with van der Waals surface area (Å²) in [6, 6.07) is 15.1. The van der Waals surface area contributed by atoms with E-state index in [0.29, 0.717) is 47.7 Å². The van der Waals surface area contributed by atoms with Crippen molar-refractivity contribution in [3.63, 3.8) is 0 Å². The number of hydrogen-bond acceptors (Lipinski definition) is 5. The third-order valence-electron chi connectivity index (χ3n) is 8.29. The highest BCUT2D eigenvalue weighted by Crippen LogP contribution is 2.35. The third kappa shape index (κ3) is 5.93. The number of piperidine rings is 2. The second kappa shape index (κ2) is 12.0. The molecule has 2 aromatic carbocycles. The smallest absolute Gasteiger partial charge is 0.254 e. The Bertz CT molecular complexity index is 1050. The summed E-state index contributed by atoms with van der Waals surface area (Å²) in [4.78, 5) is 32.5. The average Bonchev–Trinajstić information content (AvgIpc) is 2.95. The van der Waals surface area contributed by atoms with Gasteiger partial charge in [0.15, 0.2) is 0 Å². The number of ether oxygens (including phenoxy) is 2. The zero-order chi connectivity index (χ0) is 26.4. The molecular formula is C30H41N3O4. The van der Waals surface area contributed by atoms with E-state index in [1.807, 2.05) is 49.1 Å². The predicted octanol–water partition coefficient (Wildman–Crippen LogP) is 5.22. The summed E-state index contributed by atoms with van der Waals surface area (Å²) in [6.07, 6.45) is 6.33. The van der Waals surface area contributed by atoms with Crippen LogP contribution in [0, 0.1) is 5.92 Å². The first kappa shape index (κ1) is 27.0. The number of methoxy groups -OCH3 is 2. The maximum Gasteiger partial charge on any atom is 0.254 e. The van der Waals surface area contributed by atoms with Crippen LogP contribution in [0.5, 0.6) is 11.5 Å². The molecule has 0 saturated carbocycles. The van der Waals surface area contributed by atoms with Crippen LogP contribution in [0.4, 0.5) is 5.69 Å². The van der Waals surface area contributed by atoms with Crippen molar-refractivity contribution in [2.24, 2.45) is 5.92 Å². The molecule has 3 unspecified atom stereocenters. The van der Waals surface area contributed by atoms with Crippen LogP contribution in [0.1, 0.15) is 62.7 Å². The first-order valence-electron chi connectivity index (χ1n) is 13.5. The first-order chi connectivity index (χ1) is 17.9. The fourth-order valence-corrected chi connectivity index (χ4v) is 5.89. The summed E-state index contributed by atoms with van der Waals surface area (Å²) < 4.78 is 10.8. The van der Waals surface area contributed by atoms with Gasteiger partial charge in [0.25, 0.3) is 5.91 Å². The van der Waals surface area contributed by atoms with Crippen molar-refractivity contribution in [3.8, 4) is 11.5 Å². The van der Waals surface area contributed by atoms with Crippen molar-refractivity contribution in [1.82, 2.24) is 9.80 Å². The lowest BCUT2D eigenvalue weighted by Gasteiger charge is -2.48. The van der Waals surface area contributed by atoms with Crippen LogP contribution in [-0.2, 0) is 4.79 Å². The van der Waals surface area contributed by atoms with Crippen molar-refractivity contribution in [2.45, 2.75) is 64.0 Å². The second-order valence-corrected chi connectivity index (χ2v) is 10.5. The van der Waals surface area contributed by atoms with Crippen molar-refractivity contribution in [1.29, 1.82) is 0 Å². The van der Waals surface area contributed by atoms with Crippen LogP contribution in [0.2, 0.25) is 0 Å². The monoisotopic (exact) mass is 507 g/mol. The number of benzene rings is 2. The Labute approximate surface area is 221 Å². The zero-order valence-corrected chi connectivity index (χ0v) is 22.7. The van der Waals surface area contributed by atoms with Crippen molar-refractivity contribution in [3.05, 3.63) is 54.1 Å². The fourth-order valence-electron chi connectivity index (χ4n) is 5.89. The van der Waals surface area contributed by atoms with Gasteiger partial charge in [0.1, 0.15) is 17.0 Å². The number of nitrogens with zero attached hydrogens (tertiary/aromatic N) is 2. The molecule has 200 valence electrons. The quantitative estimate of drug-likeness (QED) is 0.504. The van der Waals surface area contributed by atoms with E-state index in [9.17, 15) is 9.59 Å². The van der Waals surface area contributed by atoms with Gasteiger partial charge >= 0.3 is 0 Å². The number of hydrogen-bond donors (Lipinski definition) is 1. The Morgan fingerprint density at radius 2 is 1.68 bits per heavy atom. The molecule has 37 heavy (non-hydrogen) atoms. The maximum absolute atomic E-state index is 14.0. The third-order valence-corrected chi connectivity index (χ3v) is 8.29. The van der Waals surface area contributed by atoms with E-state index < -0.39 is 5.54 Å². The van der Waals surface area contributed by atoms with E-state index in [-0.39, 0.29) is 11.8 Å². The van der Waals surface area contributed by atoms with E-state index in [0.717, 1.165) is 32.4 Å². The molecule has 2 fully saturated rings. The minimum Gasteiger partial charge on any atom is -0.497 e. The molecule has 0 bridgehead atoms. The predicted molar refractivity (Wildman–Crippen MR) is 146 cm³/mol. The molecular weight excluding hydrogens is 466 g/mol. The van der Waals surface area contributed by atoms with Crippen molar-refractivity contribution < 1.29 is 19.1 Å². The Kier molecular flexibility index (Phi) is 8.75. The standard InChI is InChI=1S/C30H41N3O4/c1-5-30(2,29(35)31-24-18-25(36-3)20-26(19-24)37-4)33(28(34)22-12-7-6-8-13-22)21-23-14-11-17-32-16-10-9-15-27(23)32/h6-8,12-13,18-20,23,27H,5,9-11,14-17,21H2,1-4H3,(H,31,35). The molecule has 0 radical (unpaired) electrons. The molecule has 3 atom stereocenters. The van der Waals surface area contributed by atoms with Crippen LogP contribution >= 0.6 is 0 Å². The topological polar surface area (TPSA) is 71.1 Å². The van der Waals surface area contributed by atoms with Gasteiger partial charge in [0.05, 0.1) is 14.2 Å². The Morgan fingerprint density at radius 3 is 2.32 bits per heavy atom. The van der Waals surface area contributed by atoms with Gasteiger partial charge in [-0.25, -0.2) is 0 Å². The molecule has 2 saturated heterocycles. The molecule has 1 N–H and O–H groups in total. The molecule has 7 nitrogen and oxygen atoms in total. The van der Waals surface area contributed by atoms with Crippen LogP contribution in [-0.4, -0.2) is 67.0 Å². The number of amides is 2. The lowest BCUT2D eigenvalue weighted by Crippen LogP contribution is -2.60. The lowest BCUT2D eigenvalue weighted by molar-refractivity contribution is -0.126. The summed E-state index contributed by atoms with van der Waals surface area (Å²) >= 11 is 0. The highest BCUT2D eigenvalue weighted by atomic mass is 16.5. The van der Waals surface area contributed by atoms with Crippen LogP contribution in [0.3, 0.4) is 0 Å². The number of rotatable bonds is 9. The summed E-state index contributed by atoms with van der Waals surface area (Å²) in [5, 5.41) is 3.06. The molecule has 2 aliphatic rings. The number of anilines is 1. The van der Waals surface area contributed by atoms with Gasteiger partial charge in [0, 0.05) is 42.0 Å². The van der Waals surface area contributed by atoms with E-state index in [1.165, 1.54) is 12.8 Å². The van der Waals surface area contributed by atoms with E-state index in [1.54, 1.807) is 32.4 Å². The highest BCUT2D eigenvalue weighted by Gasteiger charge is 2.44. The van der Waals surface area contributed by atoms with Crippen molar-refractivity contribution in [2.75, 3.05) is 39.2 Å². The van der Waals surface area contributed by atoms with Crippen LogP contribution in [0.25, 0.3) is 0 Å². The van der Waals surface area contributed by atoms with Gasteiger partial charge in [-0.05, 0) is 70.2 Å². The summed E-state index contributed by atoms with van der Waals surface area (Å²) in [7, 11) is 3.16. The lowest BCUT2D eigenvalue weighted by atomic mass is 9.81.